The van der Waals surface area contributed by atoms with Gasteiger partial charge in [0.1, 0.15) is 14.1 Å². The van der Waals surface area contributed by atoms with E-state index in [4.69, 9.17) is 4.55 Å². The Balaban J connectivity index is 0.000000671. The second-order valence-corrected chi connectivity index (χ2v) is 15.1. The highest BCUT2D eigenvalue weighted by molar-refractivity contribution is 8.77. The molecule has 0 bridgehead atoms. The molecule has 0 saturated carbocycles. The third-order valence-electron chi connectivity index (χ3n) is 6.21. The van der Waals surface area contributed by atoms with Gasteiger partial charge in [0.25, 0.3) is 0 Å². The van der Waals surface area contributed by atoms with Crippen LogP contribution in [0.3, 0.4) is 0 Å². The van der Waals surface area contributed by atoms with Crippen LogP contribution in [0.4, 0.5) is 11.4 Å². The van der Waals surface area contributed by atoms with Gasteiger partial charge >= 0.3 is 10.4 Å². The van der Waals surface area contributed by atoms with E-state index in [1.165, 1.54) is 21.6 Å². The third-order valence-corrected chi connectivity index (χ3v) is 9.18. The highest BCUT2D eigenvalue weighted by Crippen LogP contribution is 2.22. The summed E-state index contributed by atoms with van der Waals surface area (Å²) in [5.41, 5.74) is 5.84. The van der Waals surface area contributed by atoms with Crippen LogP contribution in [0.15, 0.2) is 97.6 Å². The lowest BCUT2D eigenvalue weighted by atomic mass is 10.1. The van der Waals surface area contributed by atoms with Gasteiger partial charge in [-0.15, -0.1) is 0 Å². The average molecular weight is 792 g/mol. The maximum atomic E-state index is 12.3. The Kier molecular flexibility index (Phi) is 19.0. The number of aromatic nitrogens is 2. The molecule has 2 heterocycles. The molecule has 2 amide bonds. The van der Waals surface area contributed by atoms with Crippen LogP contribution < -0.4 is 19.8 Å². The Hall–Kier alpha value is -4.40. The number of carbonyl (C=O) groups is 2. The molecule has 4 rings (SSSR count). The van der Waals surface area contributed by atoms with Crippen LogP contribution in [-0.4, -0.2) is 63.5 Å². The van der Waals surface area contributed by atoms with Gasteiger partial charge in [-0.1, -0.05) is 70.2 Å². The van der Waals surface area contributed by atoms with Crippen LogP contribution >= 0.6 is 21.6 Å². The van der Waals surface area contributed by atoms with Crippen molar-refractivity contribution in [3.63, 3.8) is 0 Å². The van der Waals surface area contributed by atoms with E-state index < -0.39 is 20.8 Å². The number of pyridine rings is 2. The van der Waals surface area contributed by atoms with Crippen LogP contribution in [0.25, 0.3) is 24.3 Å². The van der Waals surface area contributed by atoms with Crippen molar-refractivity contribution in [2.24, 2.45) is 14.1 Å². The Bertz CT molecular complexity index is 1840. The zero-order valence-corrected chi connectivity index (χ0v) is 31.9. The fraction of sp³-hybridized carbons (Fsp3) is 0.176. The summed E-state index contributed by atoms with van der Waals surface area (Å²) in [6.07, 6.45) is 16.2. The summed E-state index contributed by atoms with van der Waals surface area (Å²) >= 11 is 0. The monoisotopic (exact) mass is 791 g/mol. The Labute approximate surface area is 311 Å². The van der Waals surface area contributed by atoms with Crippen molar-refractivity contribution in [3.8, 4) is 0 Å². The molecule has 0 unspecified atom stereocenters. The minimum absolute atomic E-state index is 0.105. The van der Waals surface area contributed by atoms with Crippen LogP contribution in [-0.2, 0) is 52.8 Å². The van der Waals surface area contributed by atoms with E-state index in [1.54, 1.807) is 0 Å². The molecule has 2 aromatic carbocycles. The maximum Gasteiger partial charge on any atom is 0.397 e. The van der Waals surface area contributed by atoms with Gasteiger partial charge < -0.3 is 15.2 Å². The third kappa shape index (κ3) is 20.4. The smallest absolute Gasteiger partial charge is 0.397 e. The van der Waals surface area contributed by atoms with Crippen molar-refractivity contribution in [1.29, 1.82) is 0 Å². The zero-order chi connectivity index (χ0) is 38.6. The normalized spacial score (nSPS) is 11.3. The molecule has 18 heteroatoms. The van der Waals surface area contributed by atoms with Gasteiger partial charge in [-0.2, -0.15) is 8.42 Å². The largest absolute Gasteiger partial charge is 0.726 e. The number of rotatable bonds is 13. The Morgan fingerprint density at radius 2 is 0.904 bits per heavy atom. The number of nitrogens with one attached hydrogen (secondary N) is 2. The number of aryl methyl sites for hydroxylation is 2. The molecular formula is C34H39N4O10S4+. The summed E-state index contributed by atoms with van der Waals surface area (Å²) in [5.74, 6) is 0.301. The van der Waals surface area contributed by atoms with Gasteiger partial charge in [0, 0.05) is 35.6 Å². The molecule has 52 heavy (non-hydrogen) atoms. The predicted octanol–water partition coefficient (Wildman–Crippen LogP) is 4.16. The van der Waals surface area contributed by atoms with Gasteiger partial charge in [-0.25, -0.2) is 17.6 Å². The Morgan fingerprint density at radius 3 is 1.15 bits per heavy atom. The number of amides is 2. The fourth-order valence-electron chi connectivity index (χ4n) is 3.57. The molecular weight excluding hydrogens is 753 g/mol. The first-order chi connectivity index (χ1) is 24.5. The number of benzene rings is 2. The van der Waals surface area contributed by atoms with Crippen molar-refractivity contribution in [2.75, 3.05) is 36.4 Å². The zero-order valence-electron chi connectivity index (χ0n) is 28.6. The molecule has 14 nitrogen and oxygen atoms in total. The molecule has 0 spiro atoms. The van der Waals surface area contributed by atoms with Crippen molar-refractivity contribution in [1.82, 2.24) is 0 Å². The first-order valence-corrected chi connectivity index (χ1v) is 20.1. The predicted molar refractivity (Wildman–Crippen MR) is 203 cm³/mol. The van der Waals surface area contributed by atoms with Crippen molar-refractivity contribution >= 4 is 89.9 Å². The molecule has 0 aliphatic heterocycles. The SMILES string of the molecule is COS(=O)(=O)O.COS(=O)(=O)[O-].C[n+]1ccc(/C=C/c2ccc(NC(=O)CSSCC(=O)Nc3ccc(/C=C/c4cc[n+](C)cc4)cc3)cc2)cc1. The minimum atomic E-state index is -4.41. The summed E-state index contributed by atoms with van der Waals surface area (Å²) in [6, 6.07) is 23.6. The quantitative estimate of drug-likeness (QED) is 0.0576. The fourth-order valence-corrected chi connectivity index (χ4v) is 5.24. The number of hydrogen-bond donors (Lipinski definition) is 3. The molecule has 2 aromatic heterocycles. The van der Waals surface area contributed by atoms with Gasteiger partial charge in [0.05, 0.1) is 25.7 Å². The van der Waals surface area contributed by atoms with E-state index >= 15 is 0 Å². The highest BCUT2D eigenvalue weighted by atomic mass is 33.1. The molecule has 0 aliphatic rings. The molecule has 0 aliphatic carbocycles. The highest BCUT2D eigenvalue weighted by Gasteiger charge is 2.07. The second-order valence-electron chi connectivity index (χ2n) is 10.3. The first-order valence-electron chi connectivity index (χ1n) is 14.9. The summed E-state index contributed by atoms with van der Waals surface area (Å²) in [4.78, 5) is 24.6. The second kappa shape index (κ2) is 22.5. The lowest BCUT2D eigenvalue weighted by molar-refractivity contribution is -0.671. The van der Waals surface area contributed by atoms with Crippen LogP contribution in [0, 0.1) is 0 Å². The van der Waals surface area contributed by atoms with Gasteiger partial charge in [-0.3, -0.25) is 22.5 Å². The number of anilines is 2. The molecule has 0 atom stereocenters. The lowest BCUT2D eigenvalue weighted by Crippen LogP contribution is -2.25. The molecule has 3 N–H and O–H groups in total. The molecule has 0 radical (unpaired) electrons. The van der Waals surface area contributed by atoms with E-state index in [0.29, 0.717) is 0 Å². The first kappa shape index (κ1) is 43.8. The average Bonchev–Trinajstić information content (AvgIpc) is 3.11. The minimum Gasteiger partial charge on any atom is -0.726 e. The summed E-state index contributed by atoms with van der Waals surface area (Å²) in [5, 5.41) is 5.80. The van der Waals surface area contributed by atoms with Gasteiger partial charge in [0.2, 0.25) is 22.2 Å². The Morgan fingerprint density at radius 1 is 0.635 bits per heavy atom. The van der Waals surface area contributed by atoms with Crippen LogP contribution in [0.2, 0.25) is 0 Å². The van der Waals surface area contributed by atoms with Crippen molar-refractivity contribution in [2.45, 2.75) is 0 Å². The number of hydrogen-bond acceptors (Lipinski definition) is 11. The van der Waals surface area contributed by atoms with E-state index in [-0.39, 0.29) is 23.3 Å². The standard InChI is InChI=1S/C32H30N4O2S2.2CH4O4S/c1-35-19-15-27(16-20-35)5-3-25-7-11-29(12-8-25)33-31(37)23-39-40-24-32(38)34-30-13-9-26(10-14-30)4-6-28-17-21-36(2)22-18-28;2*1-5-6(2,3)4/h3-22H,23-24H2,1-2H3;2*1H3,(H,2,3,4)/p+1. The van der Waals surface area contributed by atoms with E-state index in [9.17, 15) is 31.0 Å². The van der Waals surface area contributed by atoms with Crippen LogP contribution in [0.1, 0.15) is 22.3 Å². The molecule has 0 saturated heterocycles. The molecule has 4 aromatic rings. The molecule has 0 fully saturated rings. The maximum absolute atomic E-state index is 12.3. The molecule has 278 valence electrons. The number of carbonyl (C=O) groups excluding carboxylic acids is 2. The van der Waals surface area contributed by atoms with Crippen molar-refractivity contribution < 1.29 is 53.0 Å². The summed E-state index contributed by atoms with van der Waals surface area (Å²) in [7, 11) is -0.206. The van der Waals surface area contributed by atoms with E-state index in [2.05, 4.69) is 31.2 Å². The van der Waals surface area contributed by atoms with Gasteiger partial charge in [0.15, 0.2) is 24.8 Å². The van der Waals surface area contributed by atoms with Crippen LogP contribution in [0.5, 0.6) is 0 Å². The van der Waals surface area contributed by atoms with Gasteiger partial charge in [-0.05, 0) is 46.5 Å². The lowest BCUT2D eigenvalue weighted by Gasteiger charge is -2.07. The summed E-state index contributed by atoms with van der Waals surface area (Å²) in [6.45, 7) is 0. The number of nitrogens with zero attached hydrogens (tertiary/aromatic N) is 2. The van der Waals surface area contributed by atoms with E-state index in [0.717, 1.165) is 47.8 Å². The topological polar surface area (TPSA) is 196 Å². The van der Waals surface area contributed by atoms with Crippen molar-refractivity contribution in [3.05, 3.63) is 120 Å². The summed E-state index contributed by atoms with van der Waals surface area (Å²) < 4.78 is 64.7. The van der Waals surface area contributed by atoms with E-state index in [1.807, 2.05) is 133 Å².